The molecule has 1 atom stereocenters. The van der Waals surface area contributed by atoms with E-state index in [9.17, 15) is 0 Å². The Balaban J connectivity index is 1.72. The van der Waals surface area contributed by atoms with E-state index in [4.69, 9.17) is 0 Å². The van der Waals surface area contributed by atoms with Gasteiger partial charge in [-0.1, -0.05) is 12.2 Å². The van der Waals surface area contributed by atoms with Crippen molar-refractivity contribution in [1.82, 2.24) is 10.6 Å². The fourth-order valence-corrected chi connectivity index (χ4v) is 2.27. The van der Waals surface area contributed by atoms with Crippen molar-refractivity contribution >= 4 is 0 Å². The lowest BCUT2D eigenvalue weighted by Gasteiger charge is -2.20. The van der Waals surface area contributed by atoms with Crippen molar-refractivity contribution < 1.29 is 0 Å². The van der Waals surface area contributed by atoms with Gasteiger partial charge in [0.15, 0.2) is 0 Å². The maximum absolute atomic E-state index is 3.76. The van der Waals surface area contributed by atoms with E-state index in [-0.39, 0.29) is 0 Å². The highest BCUT2D eigenvalue weighted by Gasteiger charge is 2.16. The summed E-state index contributed by atoms with van der Waals surface area (Å²) < 4.78 is 0. The van der Waals surface area contributed by atoms with E-state index in [1.807, 2.05) is 0 Å². The van der Waals surface area contributed by atoms with Gasteiger partial charge in [-0.05, 0) is 45.2 Å². The Labute approximate surface area is 80.8 Å². The first-order chi connectivity index (χ1) is 6.45. The average Bonchev–Trinajstić information content (AvgIpc) is 2.49. The third-order valence-corrected chi connectivity index (χ3v) is 3.05. The first-order valence-electron chi connectivity index (χ1n) is 5.57. The molecule has 0 aromatic heterocycles. The molecule has 13 heavy (non-hydrogen) atoms. The monoisotopic (exact) mass is 180 g/mol. The summed E-state index contributed by atoms with van der Waals surface area (Å²) in [6, 6.07) is 1.50. The van der Waals surface area contributed by atoms with Crippen LogP contribution >= 0.6 is 0 Å². The zero-order chi connectivity index (χ0) is 8.93. The lowest BCUT2D eigenvalue weighted by Crippen LogP contribution is -2.37. The highest BCUT2D eigenvalue weighted by atomic mass is 15.0. The van der Waals surface area contributed by atoms with Crippen molar-refractivity contribution in [2.45, 2.75) is 44.2 Å². The molecule has 1 unspecified atom stereocenters. The molecule has 2 nitrogen and oxygen atoms in total. The number of nitrogens with one attached hydrogen (secondary N) is 2. The van der Waals surface area contributed by atoms with Gasteiger partial charge < -0.3 is 10.6 Å². The lowest BCUT2D eigenvalue weighted by molar-refractivity contribution is 0.408. The predicted octanol–water partition coefficient (Wildman–Crippen LogP) is 1.44. The van der Waals surface area contributed by atoms with E-state index in [1.165, 1.54) is 45.2 Å². The Morgan fingerprint density at radius 2 is 1.85 bits per heavy atom. The van der Waals surface area contributed by atoms with Crippen LogP contribution in [0.4, 0.5) is 0 Å². The molecular formula is C11H20N2. The van der Waals surface area contributed by atoms with Crippen LogP contribution in [0.25, 0.3) is 0 Å². The molecule has 0 bridgehead atoms. The van der Waals surface area contributed by atoms with Crippen molar-refractivity contribution in [3.05, 3.63) is 12.2 Å². The van der Waals surface area contributed by atoms with Gasteiger partial charge in [0.05, 0.1) is 0 Å². The van der Waals surface area contributed by atoms with E-state index in [0.717, 1.165) is 12.1 Å². The molecule has 2 N–H and O–H groups in total. The Morgan fingerprint density at radius 3 is 2.69 bits per heavy atom. The van der Waals surface area contributed by atoms with Crippen LogP contribution in [0.2, 0.25) is 0 Å². The topological polar surface area (TPSA) is 24.1 Å². The fourth-order valence-electron chi connectivity index (χ4n) is 2.27. The largest absolute Gasteiger partial charge is 0.317 e. The van der Waals surface area contributed by atoms with Gasteiger partial charge in [-0.2, -0.15) is 0 Å². The van der Waals surface area contributed by atoms with Gasteiger partial charge >= 0.3 is 0 Å². The highest BCUT2D eigenvalue weighted by molar-refractivity contribution is 4.98. The van der Waals surface area contributed by atoms with Crippen LogP contribution in [0.3, 0.4) is 0 Å². The van der Waals surface area contributed by atoms with Crippen molar-refractivity contribution in [1.29, 1.82) is 0 Å². The average molecular weight is 180 g/mol. The molecule has 1 aliphatic heterocycles. The van der Waals surface area contributed by atoms with E-state index < -0.39 is 0 Å². The van der Waals surface area contributed by atoms with Crippen LogP contribution in [0.15, 0.2) is 12.2 Å². The summed E-state index contributed by atoms with van der Waals surface area (Å²) in [5, 5.41) is 7.20. The number of hydrogen-bond acceptors (Lipinski definition) is 2. The second kappa shape index (κ2) is 4.77. The third-order valence-electron chi connectivity index (χ3n) is 3.05. The van der Waals surface area contributed by atoms with Crippen molar-refractivity contribution in [3.8, 4) is 0 Å². The second-order valence-corrected chi connectivity index (χ2v) is 4.18. The highest BCUT2D eigenvalue weighted by Crippen LogP contribution is 2.13. The molecular weight excluding hydrogens is 160 g/mol. The predicted molar refractivity (Wildman–Crippen MR) is 55.8 cm³/mol. The van der Waals surface area contributed by atoms with Crippen LogP contribution in [0.5, 0.6) is 0 Å². The minimum absolute atomic E-state index is 0.739. The minimum Gasteiger partial charge on any atom is -0.317 e. The lowest BCUT2D eigenvalue weighted by atomic mass is 10.1. The Bertz CT molecular complexity index is 161. The SMILES string of the molecule is C1=CCC(NC2CCCNCC2)C1. The summed E-state index contributed by atoms with van der Waals surface area (Å²) in [6.45, 7) is 2.40. The van der Waals surface area contributed by atoms with E-state index in [1.54, 1.807) is 0 Å². The van der Waals surface area contributed by atoms with Crippen LogP contribution < -0.4 is 10.6 Å². The van der Waals surface area contributed by atoms with Crippen molar-refractivity contribution in [3.63, 3.8) is 0 Å². The summed E-state index contributed by atoms with van der Waals surface area (Å²) in [7, 11) is 0. The maximum atomic E-state index is 3.76. The summed E-state index contributed by atoms with van der Waals surface area (Å²) in [4.78, 5) is 0. The molecule has 0 radical (unpaired) electrons. The smallest absolute Gasteiger partial charge is 0.0139 e. The summed E-state index contributed by atoms with van der Waals surface area (Å²) >= 11 is 0. The zero-order valence-corrected chi connectivity index (χ0v) is 8.26. The van der Waals surface area contributed by atoms with E-state index in [2.05, 4.69) is 22.8 Å². The maximum Gasteiger partial charge on any atom is 0.0139 e. The van der Waals surface area contributed by atoms with E-state index >= 15 is 0 Å². The van der Waals surface area contributed by atoms with Gasteiger partial charge in [-0.25, -0.2) is 0 Å². The molecule has 2 heteroatoms. The van der Waals surface area contributed by atoms with Crippen molar-refractivity contribution in [2.24, 2.45) is 0 Å². The Morgan fingerprint density at radius 1 is 1.00 bits per heavy atom. The van der Waals surface area contributed by atoms with Crippen LogP contribution in [-0.2, 0) is 0 Å². The van der Waals surface area contributed by atoms with Gasteiger partial charge in [0.1, 0.15) is 0 Å². The molecule has 0 amide bonds. The van der Waals surface area contributed by atoms with Gasteiger partial charge in [-0.3, -0.25) is 0 Å². The quantitative estimate of drug-likeness (QED) is 0.628. The molecule has 1 saturated heterocycles. The standard InChI is InChI=1S/C11H20N2/c1-2-5-10(4-1)13-11-6-3-8-12-9-7-11/h1-2,10-13H,3-9H2. The first kappa shape index (κ1) is 9.22. The molecule has 1 aliphatic carbocycles. The Kier molecular flexibility index (Phi) is 3.39. The van der Waals surface area contributed by atoms with E-state index in [0.29, 0.717) is 0 Å². The summed E-state index contributed by atoms with van der Waals surface area (Å²) in [5.74, 6) is 0. The van der Waals surface area contributed by atoms with Gasteiger partial charge in [0, 0.05) is 12.1 Å². The first-order valence-corrected chi connectivity index (χ1v) is 5.57. The second-order valence-electron chi connectivity index (χ2n) is 4.18. The molecule has 2 rings (SSSR count). The summed E-state index contributed by atoms with van der Waals surface area (Å²) in [5.41, 5.74) is 0. The van der Waals surface area contributed by atoms with Gasteiger partial charge in [-0.15, -0.1) is 0 Å². The molecule has 0 saturated carbocycles. The fraction of sp³-hybridized carbons (Fsp3) is 0.818. The molecule has 74 valence electrons. The van der Waals surface area contributed by atoms with Crippen LogP contribution in [0, 0.1) is 0 Å². The number of hydrogen-bond donors (Lipinski definition) is 2. The zero-order valence-electron chi connectivity index (χ0n) is 8.26. The van der Waals surface area contributed by atoms with Gasteiger partial charge in [0.2, 0.25) is 0 Å². The molecule has 1 fully saturated rings. The van der Waals surface area contributed by atoms with Gasteiger partial charge in [0.25, 0.3) is 0 Å². The third kappa shape index (κ3) is 2.82. The molecule has 0 aromatic carbocycles. The molecule has 2 aliphatic rings. The summed E-state index contributed by atoms with van der Waals surface area (Å²) in [6.07, 6.45) is 11.1. The molecule has 0 spiro atoms. The number of rotatable bonds is 2. The molecule has 0 aromatic rings. The van der Waals surface area contributed by atoms with Crippen LogP contribution in [0.1, 0.15) is 32.1 Å². The minimum atomic E-state index is 0.739. The Hall–Kier alpha value is -0.340. The van der Waals surface area contributed by atoms with Crippen LogP contribution in [-0.4, -0.2) is 25.2 Å². The van der Waals surface area contributed by atoms with Crippen molar-refractivity contribution in [2.75, 3.05) is 13.1 Å². The normalized spacial score (nSPS) is 30.6. The molecule has 1 heterocycles.